The lowest BCUT2D eigenvalue weighted by Gasteiger charge is -2.32. The van der Waals surface area contributed by atoms with E-state index in [1.54, 1.807) is 0 Å². The predicted molar refractivity (Wildman–Crippen MR) is 45.4 cm³/mol. The number of hydrogen-bond acceptors (Lipinski definition) is 4. The van der Waals surface area contributed by atoms with E-state index in [4.69, 9.17) is 4.74 Å². The largest absolute Gasteiger partial charge is 0.468 e. The molecule has 0 saturated carbocycles. The van der Waals surface area contributed by atoms with Crippen molar-refractivity contribution in [1.29, 1.82) is 0 Å². The molecule has 1 aliphatic rings. The van der Waals surface area contributed by atoms with Gasteiger partial charge in [0.1, 0.15) is 6.04 Å². The van der Waals surface area contributed by atoms with Gasteiger partial charge in [0.15, 0.2) is 0 Å². The van der Waals surface area contributed by atoms with Crippen LogP contribution in [0.5, 0.6) is 0 Å². The Bertz CT molecular complexity index is 161. The fraction of sp³-hybridized carbons (Fsp3) is 0.875. The molecule has 1 heterocycles. The zero-order valence-electron chi connectivity index (χ0n) is 7.67. The van der Waals surface area contributed by atoms with Crippen LogP contribution in [0.2, 0.25) is 0 Å². The minimum absolute atomic E-state index is 0.0891. The van der Waals surface area contributed by atoms with Crippen LogP contribution in [0.25, 0.3) is 0 Å². The van der Waals surface area contributed by atoms with Crippen molar-refractivity contribution in [3.63, 3.8) is 0 Å². The van der Waals surface area contributed by atoms with Crippen LogP contribution in [0.4, 0.5) is 0 Å². The molecule has 0 radical (unpaired) electrons. The summed E-state index contributed by atoms with van der Waals surface area (Å²) >= 11 is 0. The van der Waals surface area contributed by atoms with Gasteiger partial charge in [-0.15, -0.1) is 0 Å². The maximum Gasteiger partial charge on any atom is 0.324 e. The minimum atomic E-state index is -0.135. The molecule has 0 aliphatic carbocycles. The van der Waals surface area contributed by atoms with E-state index in [-0.39, 0.29) is 12.0 Å². The van der Waals surface area contributed by atoms with Crippen LogP contribution < -0.4 is 5.43 Å². The SMILES string of the molecule is CNN1CCCCC1C(=O)OC. The smallest absolute Gasteiger partial charge is 0.324 e. The zero-order valence-corrected chi connectivity index (χ0v) is 7.67. The molecule has 12 heavy (non-hydrogen) atoms. The summed E-state index contributed by atoms with van der Waals surface area (Å²) in [5.41, 5.74) is 3.00. The van der Waals surface area contributed by atoms with Gasteiger partial charge in [-0.05, 0) is 26.3 Å². The van der Waals surface area contributed by atoms with Crippen molar-refractivity contribution in [2.45, 2.75) is 25.3 Å². The summed E-state index contributed by atoms with van der Waals surface area (Å²) in [6, 6.07) is -0.0891. The highest BCUT2D eigenvalue weighted by atomic mass is 16.5. The Morgan fingerprint density at radius 3 is 2.92 bits per heavy atom. The van der Waals surface area contributed by atoms with Crippen LogP contribution in [0.1, 0.15) is 19.3 Å². The monoisotopic (exact) mass is 172 g/mol. The second kappa shape index (κ2) is 4.42. The number of carbonyl (C=O) groups is 1. The number of hydrazine groups is 1. The van der Waals surface area contributed by atoms with E-state index in [2.05, 4.69) is 5.43 Å². The highest BCUT2D eigenvalue weighted by molar-refractivity contribution is 5.75. The third kappa shape index (κ3) is 1.95. The third-order valence-corrected chi connectivity index (χ3v) is 2.26. The molecule has 1 rings (SSSR count). The van der Waals surface area contributed by atoms with Crippen molar-refractivity contribution in [2.24, 2.45) is 0 Å². The topological polar surface area (TPSA) is 41.6 Å². The number of nitrogens with zero attached hydrogens (tertiary/aromatic N) is 1. The van der Waals surface area contributed by atoms with Gasteiger partial charge in [0.2, 0.25) is 0 Å². The van der Waals surface area contributed by atoms with Gasteiger partial charge >= 0.3 is 5.97 Å². The minimum Gasteiger partial charge on any atom is -0.468 e. The Morgan fingerprint density at radius 2 is 2.33 bits per heavy atom. The Hall–Kier alpha value is -0.610. The molecule has 0 bridgehead atoms. The van der Waals surface area contributed by atoms with Crippen molar-refractivity contribution >= 4 is 5.97 Å². The quantitative estimate of drug-likeness (QED) is 0.602. The van der Waals surface area contributed by atoms with Crippen molar-refractivity contribution in [3.05, 3.63) is 0 Å². The summed E-state index contributed by atoms with van der Waals surface area (Å²) < 4.78 is 4.70. The zero-order chi connectivity index (χ0) is 8.97. The number of rotatable bonds is 2. The first-order valence-corrected chi connectivity index (χ1v) is 4.31. The van der Waals surface area contributed by atoms with Crippen LogP contribution in [-0.2, 0) is 9.53 Å². The molecule has 1 N–H and O–H groups in total. The fourth-order valence-corrected chi connectivity index (χ4v) is 1.58. The summed E-state index contributed by atoms with van der Waals surface area (Å²) in [5.74, 6) is -0.135. The third-order valence-electron chi connectivity index (χ3n) is 2.26. The van der Waals surface area contributed by atoms with Crippen molar-refractivity contribution < 1.29 is 9.53 Å². The summed E-state index contributed by atoms with van der Waals surface area (Å²) in [6.07, 6.45) is 3.15. The van der Waals surface area contributed by atoms with Gasteiger partial charge in [0.25, 0.3) is 0 Å². The van der Waals surface area contributed by atoms with E-state index < -0.39 is 0 Å². The van der Waals surface area contributed by atoms with E-state index in [9.17, 15) is 4.79 Å². The van der Waals surface area contributed by atoms with E-state index in [0.717, 1.165) is 25.8 Å². The Morgan fingerprint density at radius 1 is 1.58 bits per heavy atom. The first-order chi connectivity index (χ1) is 5.79. The molecule has 0 spiro atoms. The number of methoxy groups -OCH3 is 1. The van der Waals surface area contributed by atoms with Gasteiger partial charge in [-0.2, -0.15) is 0 Å². The molecule has 1 aliphatic heterocycles. The lowest BCUT2D eigenvalue weighted by molar-refractivity contribution is -0.149. The van der Waals surface area contributed by atoms with Gasteiger partial charge < -0.3 is 4.74 Å². The van der Waals surface area contributed by atoms with Gasteiger partial charge in [-0.3, -0.25) is 10.2 Å². The highest BCUT2D eigenvalue weighted by Crippen LogP contribution is 2.15. The average Bonchev–Trinajstić information content (AvgIpc) is 2.16. The van der Waals surface area contributed by atoms with E-state index in [0.29, 0.717) is 0 Å². The van der Waals surface area contributed by atoms with Crippen molar-refractivity contribution in [3.8, 4) is 0 Å². The van der Waals surface area contributed by atoms with Gasteiger partial charge in [-0.1, -0.05) is 0 Å². The normalized spacial score (nSPS) is 25.3. The van der Waals surface area contributed by atoms with Crippen LogP contribution in [0.15, 0.2) is 0 Å². The molecule has 1 saturated heterocycles. The lowest BCUT2D eigenvalue weighted by atomic mass is 10.0. The molecule has 0 aromatic heterocycles. The Labute approximate surface area is 72.8 Å². The van der Waals surface area contributed by atoms with Gasteiger partial charge in [0, 0.05) is 6.54 Å². The Kier molecular flexibility index (Phi) is 3.49. The van der Waals surface area contributed by atoms with Crippen LogP contribution in [0, 0.1) is 0 Å². The summed E-state index contributed by atoms with van der Waals surface area (Å²) in [6.45, 7) is 0.927. The highest BCUT2D eigenvalue weighted by Gasteiger charge is 2.28. The van der Waals surface area contributed by atoms with Crippen molar-refractivity contribution in [2.75, 3.05) is 20.7 Å². The number of esters is 1. The molecule has 1 atom stereocenters. The van der Waals surface area contributed by atoms with Crippen LogP contribution >= 0.6 is 0 Å². The average molecular weight is 172 g/mol. The lowest BCUT2D eigenvalue weighted by Crippen LogP contribution is -2.50. The summed E-state index contributed by atoms with van der Waals surface area (Å²) in [5, 5.41) is 1.94. The molecule has 4 heteroatoms. The molecule has 0 aromatic rings. The number of piperidine rings is 1. The molecule has 4 nitrogen and oxygen atoms in total. The second-order valence-electron chi connectivity index (χ2n) is 2.95. The summed E-state index contributed by atoms with van der Waals surface area (Å²) in [4.78, 5) is 11.2. The number of ether oxygens (including phenoxy) is 1. The molecule has 70 valence electrons. The molecule has 1 fully saturated rings. The number of hydrogen-bond donors (Lipinski definition) is 1. The van der Waals surface area contributed by atoms with E-state index >= 15 is 0 Å². The molecule has 1 unspecified atom stereocenters. The maximum absolute atomic E-state index is 11.2. The standard InChI is InChI=1S/C8H16N2O2/c1-9-10-6-4-3-5-7(10)8(11)12-2/h7,9H,3-6H2,1-2H3. The van der Waals surface area contributed by atoms with Crippen molar-refractivity contribution in [1.82, 2.24) is 10.4 Å². The Balaban J connectivity index is 2.52. The molecular formula is C8H16N2O2. The molecule has 0 aromatic carbocycles. The van der Waals surface area contributed by atoms with Crippen LogP contribution in [-0.4, -0.2) is 37.7 Å². The molecular weight excluding hydrogens is 156 g/mol. The maximum atomic E-state index is 11.2. The first kappa shape index (κ1) is 9.48. The van der Waals surface area contributed by atoms with E-state index in [1.807, 2.05) is 12.1 Å². The number of nitrogens with one attached hydrogen (secondary N) is 1. The van der Waals surface area contributed by atoms with E-state index in [1.165, 1.54) is 7.11 Å². The first-order valence-electron chi connectivity index (χ1n) is 4.31. The van der Waals surface area contributed by atoms with Gasteiger partial charge in [-0.25, -0.2) is 5.01 Å². The fourth-order valence-electron chi connectivity index (χ4n) is 1.58. The second-order valence-corrected chi connectivity index (χ2v) is 2.95. The number of carbonyl (C=O) groups excluding carboxylic acids is 1. The van der Waals surface area contributed by atoms with Gasteiger partial charge in [0.05, 0.1) is 7.11 Å². The van der Waals surface area contributed by atoms with Crippen LogP contribution in [0.3, 0.4) is 0 Å². The summed E-state index contributed by atoms with van der Waals surface area (Å²) in [7, 11) is 3.27. The molecule has 0 amide bonds. The predicted octanol–water partition coefficient (Wildman–Crippen LogP) is 0.148.